The summed E-state index contributed by atoms with van der Waals surface area (Å²) in [5.41, 5.74) is 1.29. The lowest BCUT2D eigenvalue weighted by atomic mass is 10.1. The van der Waals surface area contributed by atoms with Crippen LogP contribution in [0, 0.1) is 6.92 Å². The fourth-order valence-electron chi connectivity index (χ4n) is 2.61. The Kier molecular flexibility index (Phi) is 7.35. The zero-order valence-corrected chi connectivity index (χ0v) is 17.6. The number of anilines is 1. The van der Waals surface area contributed by atoms with Gasteiger partial charge in [0, 0.05) is 12.7 Å². The summed E-state index contributed by atoms with van der Waals surface area (Å²) >= 11 is 0. The number of benzene rings is 2. The average Bonchev–Trinajstić information content (AvgIpc) is 2.69. The van der Waals surface area contributed by atoms with Gasteiger partial charge in [0.1, 0.15) is 5.75 Å². The molecule has 0 aromatic heterocycles. The van der Waals surface area contributed by atoms with Crippen LogP contribution in [0.1, 0.15) is 22.8 Å². The lowest BCUT2D eigenvalue weighted by molar-refractivity contribution is -0.116. The third kappa shape index (κ3) is 5.33. The van der Waals surface area contributed by atoms with E-state index in [1.54, 1.807) is 32.0 Å². The highest BCUT2D eigenvalue weighted by Gasteiger charge is 2.23. The first-order valence-electron chi connectivity index (χ1n) is 8.87. The SMILES string of the molecule is CCOC(=O)c1cccc(NC(=O)CN(C)S(=O)(=O)c2ccc(OC)cc2)c1C. The first-order chi connectivity index (χ1) is 13.7. The molecule has 0 aliphatic heterocycles. The lowest BCUT2D eigenvalue weighted by Gasteiger charge is -2.18. The van der Waals surface area contributed by atoms with E-state index in [1.165, 1.54) is 38.4 Å². The van der Waals surface area contributed by atoms with E-state index in [0.29, 0.717) is 22.6 Å². The molecule has 0 saturated heterocycles. The number of esters is 1. The van der Waals surface area contributed by atoms with E-state index in [0.717, 1.165) is 4.31 Å². The van der Waals surface area contributed by atoms with Crippen LogP contribution in [0.4, 0.5) is 5.69 Å². The number of methoxy groups -OCH3 is 1. The second-order valence-electron chi connectivity index (χ2n) is 6.18. The van der Waals surface area contributed by atoms with Crippen LogP contribution < -0.4 is 10.1 Å². The largest absolute Gasteiger partial charge is 0.497 e. The van der Waals surface area contributed by atoms with Crippen LogP contribution >= 0.6 is 0 Å². The molecule has 156 valence electrons. The van der Waals surface area contributed by atoms with E-state index in [9.17, 15) is 18.0 Å². The van der Waals surface area contributed by atoms with Crippen LogP contribution in [0.15, 0.2) is 47.4 Å². The number of carbonyl (C=O) groups excluding carboxylic acids is 2. The van der Waals surface area contributed by atoms with Gasteiger partial charge in [-0.25, -0.2) is 13.2 Å². The Hall–Kier alpha value is -2.91. The molecule has 2 aromatic carbocycles. The maximum atomic E-state index is 12.6. The second kappa shape index (κ2) is 9.53. The molecule has 0 heterocycles. The van der Waals surface area contributed by atoms with Crippen LogP contribution in [0.25, 0.3) is 0 Å². The molecule has 0 atom stereocenters. The van der Waals surface area contributed by atoms with Gasteiger partial charge in [-0.2, -0.15) is 4.31 Å². The molecule has 0 spiro atoms. The van der Waals surface area contributed by atoms with Gasteiger partial charge in [-0.3, -0.25) is 4.79 Å². The Morgan fingerprint density at radius 3 is 2.34 bits per heavy atom. The highest BCUT2D eigenvalue weighted by atomic mass is 32.2. The Labute approximate surface area is 170 Å². The van der Waals surface area contributed by atoms with E-state index < -0.39 is 28.4 Å². The number of likely N-dealkylation sites (N-methyl/N-ethyl adjacent to an activating group) is 1. The molecule has 2 aromatic rings. The number of nitrogens with one attached hydrogen (secondary N) is 1. The molecule has 0 bridgehead atoms. The average molecular weight is 420 g/mol. The van der Waals surface area contributed by atoms with Gasteiger partial charge in [-0.1, -0.05) is 6.07 Å². The first kappa shape index (κ1) is 22.4. The topological polar surface area (TPSA) is 102 Å². The molecule has 0 radical (unpaired) electrons. The highest BCUT2D eigenvalue weighted by Crippen LogP contribution is 2.21. The molecule has 0 aliphatic rings. The molecular formula is C20H24N2O6S. The van der Waals surface area contributed by atoms with Gasteiger partial charge in [0.25, 0.3) is 0 Å². The number of hydrogen-bond acceptors (Lipinski definition) is 6. The maximum absolute atomic E-state index is 12.6. The van der Waals surface area contributed by atoms with Gasteiger partial charge >= 0.3 is 5.97 Å². The molecule has 1 amide bonds. The van der Waals surface area contributed by atoms with Crippen molar-refractivity contribution in [2.24, 2.45) is 0 Å². The van der Waals surface area contributed by atoms with Gasteiger partial charge in [0.2, 0.25) is 15.9 Å². The number of ether oxygens (including phenoxy) is 2. The molecule has 0 unspecified atom stereocenters. The summed E-state index contributed by atoms with van der Waals surface area (Å²) < 4.78 is 36.3. The summed E-state index contributed by atoms with van der Waals surface area (Å²) in [5.74, 6) is -0.490. The van der Waals surface area contributed by atoms with Gasteiger partial charge in [0.05, 0.1) is 30.7 Å². The first-order valence-corrected chi connectivity index (χ1v) is 10.3. The molecule has 29 heavy (non-hydrogen) atoms. The molecule has 0 fully saturated rings. The van der Waals surface area contributed by atoms with Gasteiger partial charge in [-0.15, -0.1) is 0 Å². The van der Waals surface area contributed by atoms with Crippen LogP contribution in [0.3, 0.4) is 0 Å². The van der Waals surface area contributed by atoms with Crippen molar-refractivity contribution in [2.75, 3.05) is 32.6 Å². The quantitative estimate of drug-likeness (QED) is 0.658. The van der Waals surface area contributed by atoms with Gasteiger partial charge in [-0.05, 0) is 55.8 Å². The zero-order chi connectivity index (χ0) is 21.6. The summed E-state index contributed by atoms with van der Waals surface area (Å²) in [6.45, 7) is 3.23. The van der Waals surface area contributed by atoms with Crippen molar-refractivity contribution in [3.8, 4) is 5.75 Å². The maximum Gasteiger partial charge on any atom is 0.338 e. The smallest absolute Gasteiger partial charge is 0.338 e. The van der Waals surface area contributed by atoms with Crippen molar-refractivity contribution >= 4 is 27.6 Å². The number of hydrogen-bond donors (Lipinski definition) is 1. The second-order valence-corrected chi connectivity index (χ2v) is 8.23. The lowest BCUT2D eigenvalue weighted by Crippen LogP contribution is -2.35. The third-order valence-corrected chi connectivity index (χ3v) is 6.05. The highest BCUT2D eigenvalue weighted by molar-refractivity contribution is 7.89. The Morgan fingerprint density at radius 2 is 1.76 bits per heavy atom. The minimum atomic E-state index is -3.85. The molecular weight excluding hydrogens is 396 g/mol. The molecule has 2 rings (SSSR count). The predicted molar refractivity (Wildman–Crippen MR) is 109 cm³/mol. The fourth-order valence-corrected chi connectivity index (χ4v) is 3.73. The van der Waals surface area contributed by atoms with Crippen molar-refractivity contribution in [3.63, 3.8) is 0 Å². The Morgan fingerprint density at radius 1 is 1.10 bits per heavy atom. The normalized spacial score (nSPS) is 11.2. The molecule has 9 heteroatoms. The van der Waals surface area contributed by atoms with Crippen molar-refractivity contribution in [3.05, 3.63) is 53.6 Å². The van der Waals surface area contributed by atoms with Crippen molar-refractivity contribution in [1.82, 2.24) is 4.31 Å². The van der Waals surface area contributed by atoms with E-state index in [1.807, 2.05) is 0 Å². The van der Waals surface area contributed by atoms with Crippen molar-refractivity contribution in [1.29, 1.82) is 0 Å². The zero-order valence-electron chi connectivity index (χ0n) is 16.8. The number of sulfonamides is 1. The summed E-state index contributed by atoms with van der Waals surface area (Å²) in [6, 6.07) is 10.7. The van der Waals surface area contributed by atoms with Crippen molar-refractivity contribution in [2.45, 2.75) is 18.7 Å². The van der Waals surface area contributed by atoms with E-state index in [2.05, 4.69) is 5.32 Å². The van der Waals surface area contributed by atoms with Crippen molar-refractivity contribution < 1.29 is 27.5 Å². The Bertz CT molecular complexity index is 987. The molecule has 8 nitrogen and oxygen atoms in total. The van der Waals surface area contributed by atoms with E-state index in [4.69, 9.17) is 9.47 Å². The molecule has 0 saturated carbocycles. The summed E-state index contributed by atoms with van der Waals surface area (Å²) in [5, 5.41) is 2.65. The fraction of sp³-hybridized carbons (Fsp3) is 0.300. The number of nitrogens with zero attached hydrogens (tertiary/aromatic N) is 1. The summed E-state index contributed by atoms with van der Waals surface area (Å²) in [7, 11) is -1.04. The van der Waals surface area contributed by atoms with Crippen LogP contribution in [-0.2, 0) is 19.6 Å². The van der Waals surface area contributed by atoms with Crippen LogP contribution in [-0.4, -0.2) is 51.9 Å². The number of rotatable bonds is 8. The number of amides is 1. The predicted octanol–water partition coefficient (Wildman–Crippen LogP) is 2.44. The van der Waals surface area contributed by atoms with E-state index in [-0.39, 0.29) is 11.5 Å². The van der Waals surface area contributed by atoms with Gasteiger partial charge in [0.15, 0.2) is 0 Å². The standard InChI is InChI=1S/C20H24N2O6S/c1-5-28-20(24)17-7-6-8-18(14(17)2)21-19(23)13-22(3)29(25,26)16-11-9-15(27-4)10-12-16/h6-12H,5,13H2,1-4H3,(H,21,23). The monoisotopic (exact) mass is 420 g/mol. The minimum Gasteiger partial charge on any atom is -0.497 e. The van der Waals surface area contributed by atoms with Gasteiger partial charge < -0.3 is 14.8 Å². The van der Waals surface area contributed by atoms with E-state index >= 15 is 0 Å². The van der Waals surface area contributed by atoms with Crippen LogP contribution in [0.5, 0.6) is 5.75 Å². The Balaban J connectivity index is 2.12. The summed E-state index contributed by atoms with van der Waals surface area (Å²) in [4.78, 5) is 24.4. The summed E-state index contributed by atoms with van der Waals surface area (Å²) in [6.07, 6.45) is 0. The van der Waals surface area contributed by atoms with Crippen LogP contribution in [0.2, 0.25) is 0 Å². The molecule has 1 N–H and O–H groups in total. The minimum absolute atomic E-state index is 0.0501. The molecule has 0 aliphatic carbocycles. The number of carbonyl (C=O) groups is 2. The third-order valence-electron chi connectivity index (χ3n) is 4.24.